The number of carboxylic acid groups (broad SMARTS) is 1. The minimum Gasteiger partial charge on any atom is -0.505 e. The van der Waals surface area contributed by atoms with E-state index in [1.54, 1.807) is 0 Å². The number of nitrogens with zero attached hydrogens (tertiary/aromatic N) is 2. The summed E-state index contributed by atoms with van der Waals surface area (Å²) in [4.78, 5) is 28.0. The Morgan fingerprint density at radius 1 is 1.42 bits per heavy atom. The fraction of sp³-hybridized carbons (Fsp3) is 0.462. The normalized spacial score (nSPS) is 10.5. The molecule has 0 radical (unpaired) electrons. The van der Waals surface area contributed by atoms with Gasteiger partial charge >= 0.3 is 5.97 Å². The zero-order chi connectivity index (χ0) is 14.4. The monoisotopic (exact) mass is 266 g/mol. The predicted molar refractivity (Wildman–Crippen MR) is 68.9 cm³/mol. The SMILES string of the molecule is CC(C)N(CCCC(=O)O)C(=O)c1ccncc1O. The summed E-state index contributed by atoms with van der Waals surface area (Å²) in [5.41, 5.74) is 0.180. The standard InChI is InChI=1S/C13H18N2O4/c1-9(2)15(7-3-4-12(17)18)13(19)10-5-6-14-8-11(10)16/h5-6,8-9,16H,3-4,7H2,1-2H3,(H,17,18). The fourth-order valence-electron chi connectivity index (χ4n) is 1.72. The molecule has 0 unspecified atom stereocenters. The lowest BCUT2D eigenvalue weighted by Crippen LogP contribution is -2.38. The Labute approximate surface area is 111 Å². The van der Waals surface area contributed by atoms with Crippen molar-refractivity contribution in [3.8, 4) is 5.75 Å². The van der Waals surface area contributed by atoms with Crippen LogP contribution >= 0.6 is 0 Å². The number of rotatable bonds is 6. The van der Waals surface area contributed by atoms with Crippen LogP contribution in [0.4, 0.5) is 0 Å². The molecule has 6 nitrogen and oxygen atoms in total. The topological polar surface area (TPSA) is 90.7 Å². The fourth-order valence-corrected chi connectivity index (χ4v) is 1.72. The highest BCUT2D eigenvalue weighted by Crippen LogP contribution is 2.18. The highest BCUT2D eigenvalue weighted by molar-refractivity contribution is 5.96. The third kappa shape index (κ3) is 4.24. The van der Waals surface area contributed by atoms with Gasteiger partial charge in [-0.25, -0.2) is 0 Å². The molecule has 0 fully saturated rings. The van der Waals surface area contributed by atoms with Gasteiger partial charge in [-0.05, 0) is 26.3 Å². The molecule has 1 aromatic heterocycles. The van der Waals surface area contributed by atoms with Gasteiger partial charge in [-0.1, -0.05) is 0 Å². The van der Waals surface area contributed by atoms with E-state index in [0.29, 0.717) is 13.0 Å². The maximum atomic E-state index is 12.3. The summed E-state index contributed by atoms with van der Waals surface area (Å²) in [6, 6.07) is 1.37. The second-order valence-corrected chi connectivity index (χ2v) is 4.48. The maximum Gasteiger partial charge on any atom is 0.303 e. The number of amides is 1. The summed E-state index contributed by atoms with van der Waals surface area (Å²) < 4.78 is 0. The first-order valence-corrected chi connectivity index (χ1v) is 6.09. The third-order valence-corrected chi connectivity index (χ3v) is 2.70. The van der Waals surface area contributed by atoms with Crippen molar-refractivity contribution in [2.75, 3.05) is 6.54 Å². The van der Waals surface area contributed by atoms with Crippen molar-refractivity contribution in [1.82, 2.24) is 9.88 Å². The average molecular weight is 266 g/mol. The molecule has 0 bridgehead atoms. The first-order chi connectivity index (χ1) is 8.93. The molecule has 0 saturated carbocycles. The van der Waals surface area contributed by atoms with E-state index in [4.69, 9.17) is 5.11 Å². The molecule has 0 aromatic carbocycles. The van der Waals surface area contributed by atoms with Gasteiger partial charge in [-0.3, -0.25) is 14.6 Å². The molecule has 6 heteroatoms. The zero-order valence-electron chi connectivity index (χ0n) is 11.0. The van der Waals surface area contributed by atoms with Crippen molar-refractivity contribution in [3.05, 3.63) is 24.0 Å². The van der Waals surface area contributed by atoms with Gasteiger partial charge in [-0.2, -0.15) is 0 Å². The minimum atomic E-state index is -0.886. The summed E-state index contributed by atoms with van der Waals surface area (Å²) in [6.07, 6.45) is 3.04. The van der Waals surface area contributed by atoms with Crippen LogP contribution in [0.2, 0.25) is 0 Å². The van der Waals surface area contributed by atoms with Crippen molar-refractivity contribution in [2.24, 2.45) is 0 Å². The Morgan fingerprint density at radius 3 is 2.63 bits per heavy atom. The van der Waals surface area contributed by atoms with Crippen LogP contribution in [0.15, 0.2) is 18.5 Å². The molecule has 0 aliphatic rings. The lowest BCUT2D eigenvalue weighted by molar-refractivity contribution is -0.137. The highest BCUT2D eigenvalue weighted by atomic mass is 16.4. The second kappa shape index (κ2) is 6.72. The van der Waals surface area contributed by atoms with Gasteiger partial charge in [0.05, 0.1) is 11.8 Å². The van der Waals surface area contributed by atoms with Crippen molar-refractivity contribution in [1.29, 1.82) is 0 Å². The number of aliphatic carboxylic acids is 1. The van der Waals surface area contributed by atoms with Crippen molar-refractivity contribution in [2.45, 2.75) is 32.7 Å². The van der Waals surface area contributed by atoms with E-state index >= 15 is 0 Å². The van der Waals surface area contributed by atoms with Gasteiger partial charge in [0.15, 0.2) is 0 Å². The van der Waals surface area contributed by atoms with Crippen LogP contribution < -0.4 is 0 Å². The first kappa shape index (κ1) is 14.9. The molecule has 0 spiro atoms. The molecule has 1 rings (SSSR count). The van der Waals surface area contributed by atoms with E-state index in [-0.39, 0.29) is 29.7 Å². The van der Waals surface area contributed by atoms with Crippen LogP contribution in [0.5, 0.6) is 5.75 Å². The van der Waals surface area contributed by atoms with E-state index < -0.39 is 5.97 Å². The Bertz CT molecular complexity index is 460. The first-order valence-electron chi connectivity index (χ1n) is 6.09. The quantitative estimate of drug-likeness (QED) is 0.814. The van der Waals surface area contributed by atoms with Crippen LogP contribution in [0, 0.1) is 0 Å². The van der Waals surface area contributed by atoms with Crippen LogP contribution in [-0.2, 0) is 4.79 Å². The third-order valence-electron chi connectivity index (χ3n) is 2.70. The molecule has 0 aliphatic heterocycles. The molecule has 0 saturated heterocycles. The van der Waals surface area contributed by atoms with Gasteiger partial charge in [0.25, 0.3) is 5.91 Å². The minimum absolute atomic E-state index is 0.0127. The van der Waals surface area contributed by atoms with Gasteiger partial charge in [0.2, 0.25) is 0 Å². The number of carbonyl (C=O) groups excluding carboxylic acids is 1. The Hall–Kier alpha value is -2.11. The van der Waals surface area contributed by atoms with Gasteiger partial charge in [0.1, 0.15) is 5.75 Å². The molecule has 1 amide bonds. The molecular weight excluding hydrogens is 248 g/mol. The average Bonchev–Trinajstić information content (AvgIpc) is 2.33. The summed E-state index contributed by atoms with van der Waals surface area (Å²) in [5.74, 6) is -1.38. The second-order valence-electron chi connectivity index (χ2n) is 4.48. The number of pyridine rings is 1. The van der Waals surface area contributed by atoms with Crippen LogP contribution in [-0.4, -0.2) is 44.6 Å². The van der Waals surface area contributed by atoms with Crippen molar-refractivity contribution in [3.63, 3.8) is 0 Å². The molecule has 2 N–H and O–H groups in total. The number of hydrogen-bond acceptors (Lipinski definition) is 4. The molecule has 0 atom stereocenters. The number of carboxylic acids is 1. The van der Waals surface area contributed by atoms with Crippen LogP contribution in [0.3, 0.4) is 0 Å². The number of aromatic hydroxyl groups is 1. The Balaban J connectivity index is 2.79. The van der Waals surface area contributed by atoms with Gasteiger partial charge < -0.3 is 15.1 Å². The molecule has 1 aromatic rings. The predicted octanol–water partition coefficient (Wildman–Crippen LogP) is 1.50. The molecule has 1 heterocycles. The molecule has 104 valence electrons. The van der Waals surface area contributed by atoms with E-state index in [1.165, 1.54) is 23.4 Å². The van der Waals surface area contributed by atoms with E-state index in [0.717, 1.165) is 0 Å². The van der Waals surface area contributed by atoms with Crippen LogP contribution in [0.1, 0.15) is 37.0 Å². The zero-order valence-corrected chi connectivity index (χ0v) is 11.0. The van der Waals surface area contributed by atoms with Crippen LogP contribution in [0.25, 0.3) is 0 Å². The number of aromatic nitrogens is 1. The van der Waals surface area contributed by atoms with Crippen molar-refractivity contribution < 1.29 is 19.8 Å². The lowest BCUT2D eigenvalue weighted by atomic mass is 10.1. The lowest BCUT2D eigenvalue weighted by Gasteiger charge is -2.26. The molecule has 0 aliphatic carbocycles. The molecular formula is C13H18N2O4. The Kier molecular flexibility index (Phi) is 5.29. The van der Waals surface area contributed by atoms with E-state index in [9.17, 15) is 14.7 Å². The molecule has 19 heavy (non-hydrogen) atoms. The highest BCUT2D eigenvalue weighted by Gasteiger charge is 2.21. The maximum absolute atomic E-state index is 12.3. The summed E-state index contributed by atoms with van der Waals surface area (Å²) in [6.45, 7) is 4.03. The smallest absolute Gasteiger partial charge is 0.303 e. The summed E-state index contributed by atoms with van der Waals surface area (Å²) >= 11 is 0. The summed E-state index contributed by atoms with van der Waals surface area (Å²) in [7, 11) is 0. The number of carbonyl (C=O) groups is 2. The van der Waals surface area contributed by atoms with Gasteiger partial charge in [0, 0.05) is 25.2 Å². The van der Waals surface area contributed by atoms with E-state index in [1.807, 2.05) is 13.8 Å². The van der Waals surface area contributed by atoms with Gasteiger partial charge in [-0.15, -0.1) is 0 Å². The van der Waals surface area contributed by atoms with E-state index in [2.05, 4.69) is 4.98 Å². The van der Waals surface area contributed by atoms with Crippen molar-refractivity contribution >= 4 is 11.9 Å². The summed E-state index contributed by atoms with van der Waals surface area (Å²) in [5, 5.41) is 18.2. The largest absolute Gasteiger partial charge is 0.505 e. The Morgan fingerprint density at radius 2 is 2.11 bits per heavy atom. The number of hydrogen-bond donors (Lipinski definition) is 2.